The van der Waals surface area contributed by atoms with E-state index in [-0.39, 0.29) is 0 Å². The van der Waals surface area contributed by atoms with E-state index in [1.165, 1.54) is 6.08 Å². The Morgan fingerprint density at radius 2 is 1.35 bits per heavy atom. The number of benzene rings is 3. The van der Waals surface area contributed by atoms with Crippen LogP contribution in [0.3, 0.4) is 0 Å². The summed E-state index contributed by atoms with van der Waals surface area (Å²) < 4.78 is 0. The number of halogens is 1. The summed E-state index contributed by atoms with van der Waals surface area (Å²) in [5, 5.41) is 8.09. The highest BCUT2D eigenvalue weighted by atomic mass is 35.5. The molecule has 26 heavy (non-hydrogen) atoms. The minimum absolute atomic E-state index is 0.569. The van der Waals surface area contributed by atoms with E-state index in [9.17, 15) is 9.59 Å². The molecule has 1 N–H and O–H groups in total. The molecule has 3 aromatic carbocycles. The zero-order valence-corrected chi connectivity index (χ0v) is 14.1. The zero-order valence-electron chi connectivity index (χ0n) is 13.3. The van der Waals surface area contributed by atoms with Gasteiger partial charge in [-0.15, -0.1) is 0 Å². The first-order valence-corrected chi connectivity index (χ1v) is 7.47. The topological polar surface area (TPSA) is 99.8 Å². The number of fused-ring (bicyclic) bond motifs is 1. The van der Waals surface area contributed by atoms with Crippen LogP contribution in [0.25, 0.3) is 10.8 Å². The molecule has 0 aliphatic rings. The van der Waals surface area contributed by atoms with Crippen LogP contribution in [0.4, 0.5) is 11.4 Å². The molecular weight excluding hydrogens is 354 g/mol. The predicted molar refractivity (Wildman–Crippen MR) is 99.4 cm³/mol. The van der Waals surface area contributed by atoms with Crippen molar-refractivity contribution in [3.05, 3.63) is 71.8 Å². The molecule has 3 rings (SSSR count). The van der Waals surface area contributed by atoms with Crippen LogP contribution in [0, 0.1) is 5.41 Å². The second-order valence-electron chi connectivity index (χ2n) is 4.48. The van der Waals surface area contributed by atoms with Gasteiger partial charge in [0.2, 0.25) is 18.2 Å². The van der Waals surface area contributed by atoms with Crippen LogP contribution >= 0.6 is 11.6 Å². The normalized spacial score (nSPS) is 8.35. The molecule has 0 aliphatic carbocycles. The highest BCUT2D eigenvalue weighted by Gasteiger charge is 1.96. The molecule has 0 amide bonds. The fraction of sp³-hybridized carbons (Fsp3) is 0. The molecule has 6 nitrogen and oxygen atoms in total. The fourth-order valence-electron chi connectivity index (χ4n) is 1.92. The van der Waals surface area contributed by atoms with Crippen molar-refractivity contribution < 1.29 is 14.4 Å². The minimum Gasteiger partial charge on any atom is -0.222 e. The highest BCUT2D eigenvalue weighted by Crippen LogP contribution is 2.24. The first-order chi connectivity index (χ1) is 12.7. The van der Waals surface area contributed by atoms with Gasteiger partial charge in [-0.25, -0.2) is 19.8 Å². The molecule has 7 heteroatoms. The van der Waals surface area contributed by atoms with Crippen molar-refractivity contribution in [2.45, 2.75) is 0 Å². The first kappa shape index (κ1) is 20.4. The smallest absolute Gasteiger partial charge is 0.222 e. The standard InChI is InChI=1S/C11H7NO.C7H4ClNO.CHNO/c13-8-12-11-7-3-5-9-4-1-2-6-10(9)11;8-6-1-3-7(4-2-6)9-5-10;2-1-3/h1-7H;1-4H;2H. The van der Waals surface area contributed by atoms with Gasteiger partial charge >= 0.3 is 0 Å². The molecule has 0 saturated heterocycles. The molecule has 0 aliphatic heterocycles. The molecule has 0 spiro atoms. The first-order valence-electron chi connectivity index (χ1n) is 7.09. The van der Waals surface area contributed by atoms with E-state index in [2.05, 4.69) is 9.98 Å². The van der Waals surface area contributed by atoms with Crippen LogP contribution < -0.4 is 0 Å². The van der Waals surface area contributed by atoms with E-state index in [0.29, 0.717) is 16.4 Å². The number of hydrogen-bond donors (Lipinski definition) is 1. The Morgan fingerprint density at radius 3 is 1.96 bits per heavy atom. The summed E-state index contributed by atoms with van der Waals surface area (Å²) >= 11 is 5.57. The van der Waals surface area contributed by atoms with Gasteiger partial charge in [0.15, 0.2) is 0 Å². The quantitative estimate of drug-likeness (QED) is 0.510. The maximum absolute atomic E-state index is 10.1. The Balaban J connectivity index is 0.000000233. The summed E-state index contributed by atoms with van der Waals surface area (Å²) in [4.78, 5) is 35.2. The average molecular weight is 366 g/mol. The number of nitrogens with one attached hydrogen (secondary N) is 1. The van der Waals surface area contributed by atoms with Crippen molar-refractivity contribution in [2.24, 2.45) is 9.98 Å². The van der Waals surface area contributed by atoms with Gasteiger partial charge in [0, 0.05) is 10.4 Å². The number of carbonyl (C=O) groups excluding carboxylic acids is 3. The molecule has 0 unspecified atom stereocenters. The molecule has 0 bridgehead atoms. The van der Waals surface area contributed by atoms with E-state index >= 15 is 0 Å². The van der Waals surface area contributed by atoms with Crippen molar-refractivity contribution in [1.29, 1.82) is 5.41 Å². The molecule has 0 saturated carbocycles. The van der Waals surface area contributed by atoms with Crippen molar-refractivity contribution >= 4 is 52.0 Å². The number of rotatable bonds is 2. The van der Waals surface area contributed by atoms with Crippen LogP contribution in [0.15, 0.2) is 76.7 Å². The molecule has 3 aromatic rings. The second-order valence-corrected chi connectivity index (χ2v) is 4.92. The molecule has 128 valence electrons. The molecule has 0 aromatic heterocycles. The van der Waals surface area contributed by atoms with E-state index in [1.807, 2.05) is 36.4 Å². The van der Waals surface area contributed by atoms with Gasteiger partial charge < -0.3 is 0 Å². The summed E-state index contributed by atoms with van der Waals surface area (Å²) in [5.74, 6) is 0. The fourth-order valence-corrected chi connectivity index (χ4v) is 2.05. The largest absolute Gasteiger partial charge is 0.240 e. The lowest BCUT2D eigenvalue weighted by Gasteiger charge is -1.98. The van der Waals surface area contributed by atoms with Gasteiger partial charge in [-0.2, -0.15) is 9.98 Å². The molecule has 0 atom stereocenters. The highest BCUT2D eigenvalue weighted by molar-refractivity contribution is 6.30. The third-order valence-corrected chi connectivity index (χ3v) is 3.19. The van der Waals surface area contributed by atoms with Crippen molar-refractivity contribution in [3.63, 3.8) is 0 Å². The van der Waals surface area contributed by atoms with Gasteiger partial charge in [0.1, 0.15) is 0 Å². The molecule has 0 fully saturated rings. The molecule has 0 radical (unpaired) electrons. The van der Waals surface area contributed by atoms with Crippen LogP contribution in [0.2, 0.25) is 5.02 Å². The Labute approximate surface area is 154 Å². The molecule has 0 heterocycles. The number of aliphatic imine (C=N–C) groups is 2. The van der Waals surface area contributed by atoms with E-state index in [4.69, 9.17) is 21.8 Å². The summed E-state index contributed by atoms with van der Waals surface area (Å²) in [7, 11) is 0. The lowest BCUT2D eigenvalue weighted by Crippen LogP contribution is -1.71. The Kier molecular flexibility index (Phi) is 9.27. The van der Waals surface area contributed by atoms with Gasteiger partial charge in [-0.05, 0) is 35.7 Å². The van der Waals surface area contributed by atoms with E-state index < -0.39 is 0 Å². The summed E-state index contributed by atoms with van der Waals surface area (Å²) in [5.41, 5.74) is 1.24. The maximum atomic E-state index is 10.1. The van der Waals surface area contributed by atoms with Crippen molar-refractivity contribution in [1.82, 2.24) is 0 Å². The van der Waals surface area contributed by atoms with Crippen molar-refractivity contribution in [2.75, 3.05) is 0 Å². The minimum atomic E-state index is 0.569. The van der Waals surface area contributed by atoms with E-state index in [0.717, 1.165) is 16.9 Å². The van der Waals surface area contributed by atoms with Gasteiger partial charge in [0.05, 0.1) is 11.4 Å². The maximum Gasteiger partial charge on any atom is 0.240 e. The van der Waals surface area contributed by atoms with Crippen molar-refractivity contribution in [3.8, 4) is 0 Å². The summed E-state index contributed by atoms with van der Waals surface area (Å²) in [6.45, 7) is 0. The lowest BCUT2D eigenvalue weighted by atomic mass is 10.1. The van der Waals surface area contributed by atoms with E-state index in [1.54, 1.807) is 36.4 Å². The monoisotopic (exact) mass is 365 g/mol. The van der Waals surface area contributed by atoms with Gasteiger partial charge in [0.25, 0.3) is 0 Å². The van der Waals surface area contributed by atoms with Crippen LogP contribution in [-0.4, -0.2) is 18.2 Å². The van der Waals surface area contributed by atoms with Gasteiger partial charge in [-0.1, -0.05) is 48.0 Å². The van der Waals surface area contributed by atoms with Crippen LogP contribution in [-0.2, 0) is 14.4 Å². The Bertz CT molecular complexity index is 979. The lowest BCUT2D eigenvalue weighted by molar-refractivity contribution is 0.562. The van der Waals surface area contributed by atoms with Crippen LogP contribution in [0.5, 0.6) is 0 Å². The summed E-state index contributed by atoms with van der Waals surface area (Å²) in [6.07, 6.45) is 3.74. The second kappa shape index (κ2) is 11.8. The average Bonchev–Trinajstić information content (AvgIpc) is 2.66. The predicted octanol–water partition coefficient (Wildman–Crippen LogP) is 5.02. The summed E-state index contributed by atoms with van der Waals surface area (Å²) in [6, 6.07) is 20.1. The Hall–Kier alpha value is -3.65. The van der Waals surface area contributed by atoms with Crippen LogP contribution in [0.1, 0.15) is 0 Å². The number of hydrogen-bond acceptors (Lipinski definition) is 6. The zero-order chi connectivity index (χ0) is 19.2. The Morgan fingerprint density at radius 1 is 0.769 bits per heavy atom. The van der Waals surface area contributed by atoms with Gasteiger partial charge in [-0.3, -0.25) is 0 Å². The number of nitrogens with zero attached hydrogens (tertiary/aromatic N) is 2. The third-order valence-electron chi connectivity index (χ3n) is 2.93. The number of isocyanates is 3. The third kappa shape index (κ3) is 6.85. The molecular formula is C19H12ClN3O3. The SMILES string of the molecule is N=C=O.O=C=Nc1ccc(Cl)cc1.O=C=Nc1cccc2ccccc12.